The lowest BCUT2D eigenvalue weighted by atomic mass is 9.88. The van der Waals surface area contributed by atoms with Gasteiger partial charge < -0.3 is 10.0 Å². The maximum absolute atomic E-state index is 12.9. The molecule has 2 heterocycles. The number of anilines is 1. The maximum Gasteiger partial charge on any atom is 0.264 e. The van der Waals surface area contributed by atoms with Crippen LogP contribution in [0.2, 0.25) is 0 Å². The van der Waals surface area contributed by atoms with E-state index in [1.54, 1.807) is 35.4 Å². The number of carbonyl (C=O) groups excluding carboxylic acids is 2. The van der Waals surface area contributed by atoms with Gasteiger partial charge in [-0.15, -0.1) is 0 Å². The molecule has 2 aromatic rings. The van der Waals surface area contributed by atoms with Crippen molar-refractivity contribution >= 4 is 17.4 Å². The molecule has 1 aromatic heterocycles. The van der Waals surface area contributed by atoms with Crippen molar-refractivity contribution in [3.63, 3.8) is 0 Å². The number of Topliss-reactive ketones (excluding diaryl/α,β-unsaturated/α-hetero) is 1. The number of aliphatic hydroxyl groups is 1. The van der Waals surface area contributed by atoms with Crippen LogP contribution in [0, 0.1) is 0 Å². The lowest BCUT2D eigenvalue weighted by Crippen LogP contribution is -2.42. The Kier molecular flexibility index (Phi) is 4.44. The van der Waals surface area contributed by atoms with E-state index in [0.717, 1.165) is 12.8 Å². The lowest BCUT2D eigenvalue weighted by Gasteiger charge is -2.22. The first kappa shape index (κ1) is 16.3. The topological polar surface area (TPSA) is 70.5 Å². The molecule has 0 radical (unpaired) electrons. The van der Waals surface area contributed by atoms with Crippen molar-refractivity contribution in [3.8, 4) is 0 Å². The van der Waals surface area contributed by atoms with Gasteiger partial charge in [0.25, 0.3) is 5.91 Å². The highest BCUT2D eigenvalue weighted by Crippen LogP contribution is 2.42. The van der Waals surface area contributed by atoms with Crippen LogP contribution in [0.3, 0.4) is 0 Å². The van der Waals surface area contributed by atoms with Gasteiger partial charge in [-0.3, -0.25) is 14.6 Å². The van der Waals surface area contributed by atoms with E-state index in [9.17, 15) is 14.7 Å². The summed E-state index contributed by atoms with van der Waals surface area (Å²) in [6, 6.07) is 10.4. The van der Waals surface area contributed by atoms with Gasteiger partial charge in [-0.05, 0) is 24.6 Å². The summed E-state index contributed by atoms with van der Waals surface area (Å²) in [5.74, 6) is -0.722. The molecule has 0 bridgehead atoms. The molecule has 0 fully saturated rings. The van der Waals surface area contributed by atoms with E-state index in [4.69, 9.17) is 0 Å². The third-order valence-corrected chi connectivity index (χ3v) is 4.37. The molecular formula is C19H20N2O3. The normalized spacial score (nSPS) is 19.4. The lowest BCUT2D eigenvalue weighted by molar-refractivity contribution is -0.135. The summed E-state index contributed by atoms with van der Waals surface area (Å²) in [7, 11) is 0. The molecule has 1 amide bonds. The summed E-state index contributed by atoms with van der Waals surface area (Å²) in [5, 5.41) is 11.1. The number of rotatable bonds is 6. The third kappa shape index (κ3) is 2.71. The fourth-order valence-electron chi connectivity index (χ4n) is 3.08. The molecule has 0 saturated heterocycles. The Morgan fingerprint density at radius 1 is 1.25 bits per heavy atom. The van der Waals surface area contributed by atoms with Gasteiger partial charge in [-0.25, -0.2) is 0 Å². The van der Waals surface area contributed by atoms with Crippen molar-refractivity contribution in [1.82, 2.24) is 4.98 Å². The van der Waals surface area contributed by atoms with E-state index in [0.29, 0.717) is 23.4 Å². The molecule has 5 heteroatoms. The highest BCUT2D eigenvalue weighted by Gasteiger charge is 2.50. The van der Waals surface area contributed by atoms with Crippen molar-refractivity contribution in [2.75, 3.05) is 11.4 Å². The fourth-order valence-corrected chi connectivity index (χ4v) is 3.08. The minimum Gasteiger partial charge on any atom is -0.375 e. The van der Waals surface area contributed by atoms with E-state index < -0.39 is 11.5 Å². The average molecular weight is 324 g/mol. The minimum atomic E-state index is -1.81. The van der Waals surface area contributed by atoms with Crippen LogP contribution in [0.1, 0.15) is 42.1 Å². The molecule has 1 aliphatic rings. The quantitative estimate of drug-likeness (QED) is 0.829. The molecule has 0 unspecified atom stereocenters. The summed E-state index contributed by atoms with van der Waals surface area (Å²) in [6.45, 7) is 2.58. The van der Waals surface area contributed by atoms with Crippen molar-refractivity contribution in [2.45, 2.75) is 31.8 Å². The molecule has 1 aromatic carbocycles. The fraction of sp³-hybridized carbons (Fsp3) is 0.316. The first-order chi connectivity index (χ1) is 11.6. The Balaban J connectivity index is 1.94. The number of unbranched alkanes of at least 4 members (excludes halogenated alkanes) is 1. The number of hydrogen-bond donors (Lipinski definition) is 1. The van der Waals surface area contributed by atoms with Crippen molar-refractivity contribution in [3.05, 3.63) is 59.9 Å². The van der Waals surface area contributed by atoms with Crippen molar-refractivity contribution in [2.24, 2.45) is 0 Å². The van der Waals surface area contributed by atoms with Gasteiger partial charge in [0.05, 0.1) is 12.1 Å². The van der Waals surface area contributed by atoms with Crippen molar-refractivity contribution < 1.29 is 14.7 Å². The van der Waals surface area contributed by atoms with E-state index in [2.05, 4.69) is 4.98 Å². The summed E-state index contributed by atoms with van der Waals surface area (Å²) in [6.07, 6.45) is 4.53. The van der Waals surface area contributed by atoms with Crippen LogP contribution in [0.4, 0.5) is 5.69 Å². The molecule has 0 aliphatic carbocycles. The largest absolute Gasteiger partial charge is 0.375 e. The van der Waals surface area contributed by atoms with Crippen LogP contribution in [0.25, 0.3) is 0 Å². The number of hydrogen-bond acceptors (Lipinski definition) is 4. The van der Waals surface area contributed by atoms with Gasteiger partial charge in [0, 0.05) is 30.1 Å². The first-order valence-electron chi connectivity index (χ1n) is 8.15. The molecule has 0 spiro atoms. The number of nitrogens with zero attached hydrogens (tertiary/aromatic N) is 2. The van der Waals surface area contributed by atoms with Crippen LogP contribution in [-0.2, 0) is 10.4 Å². The molecule has 1 atom stereocenters. The standard InChI is InChI=1S/C19H20N2O3/c1-2-3-11-21-16-9-5-4-8-15(16)19(24,18(21)23)12-17(22)14-7-6-10-20-13-14/h4-10,13,24H,2-3,11-12H2,1H3/t19-/m0/s1. The molecule has 24 heavy (non-hydrogen) atoms. The molecule has 124 valence electrons. The van der Waals surface area contributed by atoms with Crippen LogP contribution >= 0.6 is 0 Å². The van der Waals surface area contributed by atoms with Crippen molar-refractivity contribution in [1.29, 1.82) is 0 Å². The van der Waals surface area contributed by atoms with E-state index >= 15 is 0 Å². The first-order valence-corrected chi connectivity index (χ1v) is 8.15. The number of aromatic nitrogens is 1. The van der Waals surface area contributed by atoms with Crippen LogP contribution in [0.15, 0.2) is 48.8 Å². The zero-order valence-electron chi connectivity index (χ0n) is 13.6. The second kappa shape index (κ2) is 6.53. The van der Waals surface area contributed by atoms with Gasteiger partial charge in [-0.2, -0.15) is 0 Å². The Morgan fingerprint density at radius 3 is 2.75 bits per heavy atom. The van der Waals surface area contributed by atoms with Crippen LogP contribution in [-0.4, -0.2) is 28.3 Å². The molecule has 1 N–H and O–H groups in total. The predicted octanol–water partition coefficient (Wildman–Crippen LogP) is 2.69. The van der Waals surface area contributed by atoms with Crippen LogP contribution < -0.4 is 4.90 Å². The second-order valence-electron chi connectivity index (χ2n) is 6.03. The van der Waals surface area contributed by atoms with Gasteiger partial charge in [0.15, 0.2) is 11.4 Å². The summed E-state index contributed by atoms with van der Waals surface area (Å²) in [4.78, 5) is 30.9. The Morgan fingerprint density at radius 2 is 2.04 bits per heavy atom. The smallest absolute Gasteiger partial charge is 0.264 e. The number of para-hydroxylation sites is 1. The summed E-state index contributed by atoms with van der Waals surface area (Å²) >= 11 is 0. The highest BCUT2D eigenvalue weighted by molar-refractivity contribution is 6.10. The number of benzene rings is 1. The number of carbonyl (C=O) groups is 2. The molecule has 1 aliphatic heterocycles. The number of fused-ring (bicyclic) bond motifs is 1. The summed E-state index contributed by atoms with van der Waals surface area (Å²) in [5.41, 5.74) is -0.221. The molecule has 0 saturated carbocycles. The van der Waals surface area contributed by atoms with Crippen LogP contribution in [0.5, 0.6) is 0 Å². The monoisotopic (exact) mass is 324 g/mol. The molecule has 3 rings (SSSR count). The Hall–Kier alpha value is -2.53. The molecule has 5 nitrogen and oxygen atoms in total. The zero-order valence-corrected chi connectivity index (χ0v) is 13.6. The molecular weight excluding hydrogens is 304 g/mol. The zero-order chi connectivity index (χ0) is 17.2. The SMILES string of the molecule is CCCCN1C(=O)[C@](O)(CC(=O)c2cccnc2)c2ccccc21. The Bertz CT molecular complexity index is 760. The highest BCUT2D eigenvalue weighted by atomic mass is 16.3. The van der Waals surface area contributed by atoms with Gasteiger partial charge in [0.2, 0.25) is 0 Å². The maximum atomic E-state index is 12.9. The number of pyridine rings is 1. The van der Waals surface area contributed by atoms with Gasteiger partial charge in [-0.1, -0.05) is 31.5 Å². The van der Waals surface area contributed by atoms with Gasteiger partial charge >= 0.3 is 0 Å². The van der Waals surface area contributed by atoms with E-state index in [1.165, 1.54) is 6.20 Å². The third-order valence-electron chi connectivity index (χ3n) is 4.37. The number of ketones is 1. The van der Waals surface area contributed by atoms with Gasteiger partial charge in [0.1, 0.15) is 0 Å². The number of amides is 1. The average Bonchev–Trinajstić information content (AvgIpc) is 2.82. The van der Waals surface area contributed by atoms with E-state index in [1.807, 2.05) is 19.1 Å². The summed E-state index contributed by atoms with van der Waals surface area (Å²) < 4.78 is 0. The minimum absolute atomic E-state index is 0.281. The van der Waals surface area contributed by atoms with E-state index in [-0.39, 0.29) is 12.2 Å². The predicted molar refractivity (Wildman–Crippen MR) is 90.8 cm³/mol. The second-order valence-corrected chi connectivity index (χ2v) is 6.03. The Labute approximate surface area is 140 Å².